The molecule has 0 aliphatic carbocycles. The van der Waals surface area contributed by atoms with E-state index in [0.29, 0.717) is 31.2 Å². The van der Waals surface area contributed by atoms with Gasteiger partial charge < -0.3 is 25.7 Å². The fourth-order valence-corrected chi connectivity index (χ4v) is 2.69. The Morgan fingerprint density at radius 2 is 2.10 bits per heavy atom. The molecule has 2 aromatic rings. The van der Waals surface area contributed by atoms with Gasteiger partial charge >= 0.3 is 5.97 Å². The monoisotopic (exact) mass is 434 g/mol. The molecule has 0 bridgehead atoms. The highest BCUT2D eigenvalue weighted by molar-refractivity contribution is 5.86. The van der Waals surface area contributed by atoms with Crippen LogP contribution in [0.4, 0.5) is 0 Å². The minimum absolute atomic E-state index is 0.151. The fraction of sp³-hybridized carbons (Fsp3) is 0.579. The molecule has 4 N–H and O–H groups in total. The third-order valence-electron chi connectivity index (χ3n) is 4.17. The molecule has 2 amide bonds. The van der Waals surface area contributed by atoms with Gasteiger partial charge in [0.2, 0.25) is 11.8 Å². The predicted octanol–water partition coefficient (Wildman–Crippen LogP) is -0.704. The lowest BCUT2D eigenvalue weighted by molar-refractivity contribution is -0.143. The SMILES string of the molecule is CC(=O)NC(Cc1cnc[nH]1)C(=O)NCc1cn(CCOC(=O)CCNC(C)C)nn1. The van der Waals surface area contributed by atoms with E-state index in [1.807, 2.05) is 13.8 Å². The summed E-state index contributed by atoms with van der Waals surface area (Å²) < 4.78 is 6.71. The molecule has 170 valence electrons. The first kappa shape index (κ1) is 24.0. The van der Waals surface area contributed by atoms with Crippen molar-refractivity contribution in [3.8, 4) is 0 Å². The molecule has 12 nitrogen and oxygen atoms in total. The normalized spacial score (nSPS) is 11.9. The minimum atomic E-state index is -0.738. The van der Waals surface area contributed by atoms with E-state index in [4.69, 9.17) is 4.74 Å². The number of aromatic amines is 1. The van der Waals surface area contributed by atoms with Gasteiger partial charge in [0, 0.05) is 37.8 Å². The molecule has 0 aliphatic heterocycles. The smallest absolute Gasteiger partial charge is 0.307 e. The molecule has 1 unspecified atom stereocenters. The Bertz CT molecular complexity index is 834. The lowest BCUT2D eigenvalue weighted by Crippen LogP contribution is -2.47. The Labute approximate surface area is 180 Å². The number of rotatable bonds is 13. The number of ether oxygens (including phenoxy) is 1. The Balaban J connectivity index is 1.74. The van der Waals surface area contributed by atoms with Gasteiger partial charge in [-0.25, -0.2) is 9.67 Å². The molecule has 12 heteroatoms. The second kappa shape index (κ2) is 12.4. The molecule has 0 fully saturated rings. The van der Waals surface area contributed by atoms with Gasteiger partial charge in [0.1, 0.15) is 18.3 Å². The largest absolute Gasteiger partial charge is 0.464 e. The summed E-state index contributed by atoms with van der Waals surface area (Å²) in [5.74, 6) is -0.925. The number of hydrogen-bond acceptors (Lipinski definition) is 8. The van der Waals surface area contributed by atoms with Crippen molar-refractivity contribution in [3.05, 3.63) is 30.1 Å². The number of aromatic nitrogens is 5. The number of carbonyl (C=O) groups excluding carboxylic acids is 3. The highest BCUT2D eigenvalue weighted by Crippen LogP contribution is 2.00. The fourth-order valence-electron chi connectivity index (χ4n) is 2.69. The first-order valence-electron chi connectivity index (χ1n) is 10.1. The number of esters is 1. The van der Waals surface area contributed by atoms with Crippen molar-refractivity contribution in [2.24, 2.45) is 0 Å². The van der Waals surface area contributed by atoms with Crippen molar-refractivity contribution < 1.29 is 19.1 Å². The quantitative estimate of drug-likeness (QED) is 0.301. The molecule has 0 radical (unpaired) electrons. The molecule has 1 atom stereocenters. The Morgan fingerprint density at radius 3 is 2.77 bits per heavy atom. The lowest BCUT2D eigenvalue weighted by atomic mass is 10.1. The van der Waals surface area contributed by atoms with Crippen molar-refractivity contribution >= 4 is 17.8 Å². The third-order valence-corrected chi connectivity index (χ3v) is 4.17. The van der Waals surface area contributed by atoms with Crippen LogP contribution in [0, 0.1) is 0 Å². The van der Waals surface area contributed by atoms with Gasteiger partial charge in [0.05, 0.1) is 32.0 Å². The number of amides is 2. The van der Waals surface area contributed by atoms with E-state index in [-0.39, 0.29) is 37.4 Å². The molecule has 2 aromatic heterocycles. The predicted molar refractivity (Wildman–Crippen MR) is 110 cm³/mol. The van der Waals surface area contributed by atoms with Crippen LogP contribution in [-0.4, -0.2) is 68.0 Å². The van der Waals surface area contributed by atoms with Crippen molar-refractivity contribution in [1.29, 1.82) is 0 Å². The van der Waals surface area contributed by atoms with Gasteiger partial charge in [-0.2, -0.15) is 0 Å². The molecule has 0 saturated heterocycles. The number of nitrogens with one attached hydrogen (secondary N) is 4. The summed E-state index contributed by atoms with van der Waals surface area (Å²) in [6.45, 7) is 6.64. The minimum Gasteiger partial charge on any atom is -0.464 e. The summed E-state index contributed by atoms with van der Waals surface area (Å²) in [5.41, 5.74) is 1.28. The van der Waals surface area contributed by atoms with Gasteiger partial charge in [-0.1, -0.05) is 19.1 Å². The number of H-pyrrole nitrogens is 1. The van der Waals surface area contributed by atoms with Crippen molar-refractivity contribution in [1.82, 2.24) is 40.9 Å². The van der Waals surface area contributed by atoms with Crippen molar-refractivity contribution in [2.75, 3.05) is 13.2 Å². The maximum absolute atomic E-state index is 12.5. The zero-order chi connectivity index (χ0) is 22.6. The van der Waals surface area contributed by atoms with E-state index in [9.17, 15) is 14.4 Å². The van der Waals surface area contributed by atoms with E-state index >= 15 is 0 Å². The van der Waals surface area contributed by atoms with E-state index in [1.54, 1.807) is 12.4 Å². The lowest BCUT2D eigenvalue weighted by Gasteiger charge is -2.16. The highest BCUT2D eigenvalue weighted by atomic mass is 16.5. The van der Waals surface area contributed by atoms with Crippen LogP contribution in [0.3, 0.4) is 0 Å². The third kappa shape index (κ3) is 9.38. The topological polar surface area (TPSA) is 156 Å². The van der Waals surface area contributed by atoms with Crippen molar-refractivity contribution in [2.45, 2.75) is 58.8 Å². The second-order valence-corrected chi connectivity index (χ2v) is 7.30. The number of hydrogen-bond donors (Lipinski definition) is 4. The van der Waals surface area contributed by atoms with Gasteiger partial charge in [-0.05, 0) is 0 Å². The van der Waals surface area contributed by atoms with Crippen LogP contribution in [0.5, 0.6) is 0 Å². The molecule has 0 aromatic carbocycles. The molecular formula is C19H30N8O4. The summed E-state index contributed by atoms with van der Waals surface area (Å²) >= 11 is 0. The molecular weight excluding hydrogens is 404 g/mol. The van der Waals surface area contributed by atoms with Crippen LogP contribution in [0.1, 0.15) is 38.6 Å². The van der Waals surface area contributed by atoms with E-state index in [1.165, 1.54) is 17.9 Å². The Kier molecular flexibility index (Phi) is 9.62. The molecule has 31 heavy (non-hydrogen) atoms. The van der Waals surface area contributed by atoms with Crippen LogP contribution in [0.2, 0.25) is 0 Å². The van der Waals surface area contributed by atoms with E-state index in [0.717, 1.165) is 5.69 Å². The number of imidazole rings is 1. The van der Waals surface area contributed by atoms with Gasteiger partial charge in [-0.3, -0.25) is 14.4 Å². The van der Waals surface area contributed by atoms with Crippen molar-refractivity contribution in [3.63, 3.8) is 0 Å². The molecule has 2 rings (SSSR count). The summed E-state index contributed by atoms with van der Waals surface area (Å²) in [7, 11) is 0. The average Bonchev–Trinajstić information content (AvgIpc) is 3.37. The number of carbonyl (C=O) groups is 3. The first-order valence-corrected chi connectivity index (χ1v) is 10.1. The van der Waals surface area contributed by atoms with Crippen LogP contribution in [0.25, 0.3) is 0 Å². The van der Waals surface area contributed by atoms with Gasteiger partial charge in [0.15, 0.2) is 0 Å². The molecule has 0 spiro atoms. The summed E-state index contributed by atoms with van der Waals surface area (Å²) in [4.78, 5) is 42.4. The number of nitrogens with zero attached hydrogens (tertiary/aromatic N) is 4. The zero-order valence-electron chi connectivity index (χ0n) is 18.1. The summed E-state index contributed by atoms with van der Waals surface area (Å²) in [5, 5.41) is 16.5. The molecule has 2 heterocycles. The first-order chi connectivity index (χ1) is 14.8. The molecule has 0 aliphatic rings. The maximum atomic E-state index is 12.5. The Hall–Kier alpha value is -3.28. The standard InChI is InChI=1S/C19H30N8O4/c1-13(2)21-5-4-18(29)31-7-6-27-11-16(25-26-27)10-22-19(30)17(24-14(3)28)8-15-9-20-12-23-15/h9,11-13,17,21H,4-8,10H2,1-3H3,(H,20,23)(H,22,30)(H,24,28). The van der Waals surface area contributed by atoms with Gasteiger partial charge in [0.25, 0.3) is 0 Å². The molecule has 0 saturated carbocycles. The van der Waals surface area contributed by atoms with Crippen LogP contribution >= 0.6 is 0 Å². The van der Waals surface area contributed by atoms with Crippen LogP contribution in [0.15, 0.2) is 18.7 Å². The van der Waals surface area contributed by atoms with E-state index < -0.39 is 6.04 Å². The zero-order valence-corrected chi connectivity index (χ0v) is 18.1. The summed E-state index contributed by atoms with van der Waals surface area (Å²) in [6.07, 6.45) is 5.37. The van der Waals surface area contributed by atoms with Crippen LogP contribution in [-0.2, 0) is 38.6 Å². The Morgan fingerprint density at radius 1 is 1.29 bits per heavy atom. The second-order valence-electron chi connectivity index (χ2n) is 7.30. The maximum Gasteiger partial charge on any atom is 0.307 e. The average molecular weight is 435 g/mol. The highest BCUT2D eigenvalue weighted by Gasteiger charge is 2.20. The summed E-state index contributed by atoms with van der Waals surface area (Å²) in [6, 6.07) is -0.418. The van der Waals surface area contributed by atoms with E-state index in [2.05, 4.69) is 36.2 Å². The van der Waals surface area contributed by atoms with Gasteiger partial charge in [-0.15, -0.1) is 5.10 Å². The van der Waals surface area contributed by atoms with Crippen LogP contribution < -0.4 is 16.0 Å².